The molecule has 0 saturated heterocycles. The highest BCUT2D eigenvalue weighted by molar-refractivity contribution is 5.91. The topological polar surface area (TPSA) is 64.6 Å². The van der Waals surface area contributed by atoms with Gasteiger partial charge in [-0.15, -0.1) is 0 Å². The number of hydrogen-bond acceptors (Lipinski definition) is 4. The minimum atomic E-state index is -1.03. The van der Waals surface area contributed by atoms with Crippen LogP contribution in [0, 0.1) is 5.82 Å². The Labute approximate surface area is 156 Å². The first kappa shape index (κ1) is 18.6. The molecular formula is C21H20FNO4. The number of ether oxygens (including phenoxy) is 2. The van der Waals surface area contributed by atoms with Crippen molar-refractivity contribution in [3.63, 3.8) is 0 Å². The monoisotopic (exact) mass is 369 g/mol. The lowest BCUT2D eigenvalue weighted by Gasteiger charge is -2.17. The van der Waals surface area contributed by atoms with Gasteiger partial charge in [0.25, 0.3) is 5.91 Å². The zero-order valence-electron chi connectivity index (χ0n) is 14.9. The summed E-state index contributed by atoms with van der Waals surface area (Å²) in [5.41, 5.74) is 1.07. The highest BCUT2D eigenvalue weighted by atomic mass is 19.1. The first-order valence-corrected chi connectivity index (χ1v) is 8.64. The van der Waals surface area contributed by atoms with E-state index in [2.05, 4.69) is 5.32 Å². The Hall–Kier alpha value is -3.15. The molecule has 140 valence electrons. The number of carbonyl (C=O) groups excluding carboxylic acids is 2. The average molecular weight is 369 g/mol. The molecule has 0 heterocycles. The zero-order valence-corrected chi connectivity index (χ0v) is 14.9. The van der Waals surface area contributed by atoms with Crippen LogP contribution in [0.15, 0.2) is 54.6 Å². The van der Waals surface area contributed by atoms with E-state index in [9.17, 15) is 14.0 Å². The van der Waals surface area contributed by atoms with Crippen molar-refractivity contribution in [3.05, 3.63) is 71.6 Å². The van der Waals surface area contributed by atoms with E-state index in [1.54, 1.807) is 30.3 Å². The van der Waals surface area contributed by atoms with Crippen LogP contribution in [-0.4, -0.2) is 25.0 Å². The molecule has 2 aromatic rings. The van der Waals surface area contributed by atoms with Gasteiger partial charge in [-0.3, -0.25) is 4.79 Å². The quantitative estimate of drug-likeness (QED) is 0.600. The molecule has 1 amide bonds. The molecule has 1 aliphatic rings. The van der Waals surface area contributed by atoms with Crippen molar-refractivity contribution in [2.24, 2.45) is 0 Å². The van der Waals surface area contributed by atoms with Gasteiger partial charge in [-0.1, -0.05) is 36.4 Å². The minimum absolute atomic E-state index is 0.121. The predicted molar refractivity (Wildman–Crippen MR) is 98.4 cm³/mol. The van der Waals surface area contributed by atoms with Crippen LogP contribution in [0.1, 0.15) is 30.1 Å². The van der Waals surface area contributed by atoms with E-state index in [0.29, 0.717) is 11.1 Å². The standard InChI is InChI=1S/C21H20FNO4/c1-26-18-11-7-14(13-17(18)22)8-12-19(24)27-20(15-5-3-2-4-6-15)21(25)23-16-9-10-16/h2-8,11-13,16,20H,9-10H2,1H3,(H,23,25)/b12-8+/t20-/m0/s1. The highest BCUT2D eigenvalue weighted by Crippen LogP contribution is 2.23. The molecule has 0 unspecified atom stereocenters. The van der Waals surface area contributed by atoms with Gasteiger partial charge in [0, 0.05) is 17.7 Å². The fraction of sp³-hybridized carbons (Fsp3) is 0.238. The van der Waals surface area contributed by atoms with Gasteiger partial charge in [0.1, 0.15) is 0 Å². The number of methoxy groups -OCH3 is 1. The van der Waals surface area contributed by atoms with E-state index in [-0.39, 0.29) is 17.7 Å². The Morgan fingerprint density at radius 3 is 2.56 bits per heavy atom. The molecule has 1 atom stereocenters. The third-order valence-electron chi connectivity index (χ3n) is 4.09. The maximum Gasteiger partial charge on any atom is 0.331 e. The van der Waals surface area contributed by atoms with Crippen molar-refractivity contribution < 1.29 is 23.5 Å². The van der Waals surface area contributed by atoms with Gasteiger partial charge in [-0.2, -0.15) is 0 Å². The van der Waals surface area contributed by atoms with Crippen LogP contribution in [0.4, 0.5) is 4.39 Å². The normalized spacial score (nSPS) is 14.6. The number of esters is 1. The number of nitrogens with one attached hydrogen (secondary N) is 1. The lowest BCUT2D eigenvalue weighted by Crippen LogP contribution is -2.33. The zero-order chi connectivity index (χ0) is 19.2. The van der Waals surface area contributed by atoms with Crippen molar-refractivity contribution in [2.45, 2.75) is 25.0 Å². The number of rotatable bonds is 7. The molecule has 6 heteroatoms. The summed E-state index contributed by atoms with van der Waals surface area (Å²) < 4.78 is 23.9. The second kappa shape index (κ2) is 8.49. The summed E-state index contributed by atoms with van der Waals surface area (Å²) in [6.45, 7) is 0. The molecule has 0 bridgehead atoms. The SMILES string of the molecule is COc1ccc(/C=C/C(=O)O[C@H](C(=O)NC2CC2)c2ccccc2)cc1F. The van der Waals surface area contributed by atoms with Crippen LogP contribution in [0.25, 0.3) is 6.08 Å². The van der Waals surface area contributed by atoms with E-state index in [1.165, 1.54) is 31.4 Å². The summed E-state index contributed by atoms with van der Waals surface area (Å²) in [4.78, 5) is 24.6. The number of benzene rings is 2. The Kier molecular flexibility index (Phi) is 5.86. The Morgan fingerprint density at radius 2 is 1.93 bits per heavy atom. The minimum Gasteiger partial charge on any atom is -0.494 e. The summed E-state index contributed by atoms with van der Waals surface area (Å²) in [5.74, 6) is -1.44. The summed E-state index contributed by atoms with van der Waals surface area (Å²) in [6.07, 6.45) is 3.43. The van der Waals surface area contributed by atoms with Crippen molar-refractivity contribution in [3.8, 4) is 5.75 Å². The van der Waals surface area contributed by atoms with Crippen LogP contribution in [0.3, 0.4) is 0 Å². The summed E-state index contributed by atoms with van der Waals surface area (Å²) in [7, 11) is 1.38. The molecule has 2 aromatic carbocycles. The fourth-order valence-electron chi connectivity index (χ4n) is 2.51. The highest BCUT2D eigenvalue weighted by Gasteiger charge is 2.30. The summed E-state index contributed by atoms with van der Waals surface area (Å²) in [6, 6.07) is 13.3. The molecule has 0 aromatic heterocycles. The van der Waals surface area contributed by atoms with Gasteiger partial charge in [0.2, 0.25) is 6.10 Å². The largest absolute Gasteiger partial charge is 0.494 e. The second-order valence-electron chi connectivity index (χ2n) is 6.24. The summed E-state index contributed by atoms with van der Waals surface area (Å²) >= 11 is 0. The Bertz CT molecular complexity index is 847. The lowest BCUT2D eigenvalue weighted by molar-refractivity contribution is -0.151. The van der Waals surface area contributed by atoms with Crippen molar-refractivity contribution >= 4 is 18.0 Å². The van der Waals surface area contributed by atoms with E-state index in [4.69, 9.17) is 9.47 Å². The van der Waals surface area contributed by atoms with Gasteiger partial charge in [-0.05, 0) is 36.6 Å². The Balaban J connectivity index is 1.70. The van der Waals surface area contributed by atoms with E-state index < -0.39 is 17.9 Å². The molecule has 0 spiro atoms. The van der Waals surface area contributed by atoms with Gasteiger partial charge >= 0.3 is 5.97 Å². The van der Waals surface area contributed by atoms with Crippen LogP contribution < -0.4 is 10.1 Å². The number of halogens is 1. The molecule has 5 nitrogen and oxygen atoms in total. The molecule has 0 aliphatic heterocycles. The van der Waals surface area contributed by atoms with Crippen LogP contribution in [-0.2, 0) is 14.3 Å². The number of amides is 1. The van der Waals surface area contributed by atoms with Gasteiger partial charge in [0.15, 0.2) is 11.6 Å². The van der Waals surface area contributed by atoms with Crippen molar-refractivity contribution in [1.82, 2.24) is 5.32 Å². The van der Waals surface area contributed by atoms with Crippen molar-refractivity contribution in [2.75, 3.05) is 7.11 Å². The van der Waals surface area contributed by atoms with Crippen molar-refractivity contribution in [1.29, 1.82) is 0 Å². The van der Waals surface area contributed by atoms with Gasteiger partial charge in [0.05, 0.1) is 7.11 Å². The van der Waals surface area contributed by atoms with Crippen LogP contribution >= 0.6 is 0 Å². The molecule has 1 aliphatic carbocycles. The van der Waals surface area contributed by atoms with E-state index in [0.717, 1.165) is 12.8 Å². The van der Waals surface area contributed by atoms with E-state index >= 15 is 0 Å². The lowest BCUT2D eigenvalue weighted by atomic mass is 10.1. The maximum absolute atomic E-state index is 13.7. The first-order chi connectivity index (χ1) is 13.1. The van der Waals surface area contributed by atoms with Crippen LogP contribution in [0.5, 0.6) is 5.75 Å². The predicted octanol–water partition coefficient (Wildman–Crippen LogP) is 3.41. The average Bonchev–Trinajstić information content (AvgIpc) is 3.49. The molecule has 3 rings (SSSR count). The Morgan fingerprint density at radius 1 is 1.19 bits per heavy atom. The smallest absolute Gasteiger partial charge is 0.331 e. The second-order valence-corrected chi connectivity index (χ2v) is 6.24. The first-order valence-electron chi connectivity index (χ1n) is 8.64. The maximum atomic E-state index is 13.7. The molecule has 27 heavy (non-hydrogen) atoms. The number of hydrogen-bond donors (Lipinski definition) is 1. The molecule has 0 radical (unpaired) electrons. The third kappa shape index (κ3) is 5.17. The van der Waals surface area contributed by atoms with Gasteiger partial charge < -0.3 is 14.8 Å². The molecule has 1 N–H and O–H groups in total. The fourth-order valence-corrected chi connectivity index (χ4v) is 2.51. The molecule has 1 fully saturated rings. The third-order valence-corrected chi connectivity index (χ3v) is 4.09. The summed E-state index contributed by atoms with van der Waals surface area (Å²) in [5, 5.41) is 2.85. The molecule has 1 saturated carbocycles. The molecular weight excluding hydrogens is 349 g/mol. The van der Waals surface area contributed by atoms with E-state index in [1.807, 2.05) is 6.07 Å². The number of carbonyl (C=O) groups is 2. The van der Waals surface area contributed by atoms with Crippen LogP contribution in [0.2, 0.25) is 0 Å². The van der Waals surface area contributed by atoms with Gasteiger partial charge in [-0.25, -0.2) is 9.18 Å².